The number of carboxylic acid groups (broad SMARTS) is 6. The number of carbonyl (C=O) groups excluding carboxylic acids is 6. The summed E-state index contributed by atoms with van der Waals surface area (Å²) in [7, 11) is 0. The Hall–Kier alpha value is -8.78. The molecule has 0 saturated heterocycles. The zero-order chi connectivity index (χ0) is 55.8. The molecule has 0 bridgehead atoms. The summed E-state index contributed by atoms with van der Waals surface area (Å²) in [5.41, 5.74) is -2.40. The summed E-state index contributed by atoms with van der Waals surface area (Å²) in [5.74, 6) is -22.1. The third-order valence-electron chi connectivity index (χ3n) is 7.83. The summed E-state index contributed by atoms with van der Waals surface area (Å²) in [5, 5.41) is 220. The van der Waals surface area contributed by atoms with Crippen molar-refractivity contribution >= 4 is 35.8 Å². The van der Waals surface area contributed by atoms with Crippen LogP contribution in [0.15, 0.2) is 72.8 Å². The second kappa shape index (κ2) is 29.5. The van der Waals surface area contributed by atoms with Crippen LogP contribution in [-0.4, -0.2) is 128 Å². The maximum Gasteiger partial charge on any atom is 3.00 e. The number of benzene rings is 6. The maximum absolute atomic E-state index is 10.2. The van der Waals surface area contributed by atoms with Gasteiger partial charge in [-0.2, -0.15) is 0 Å². The molecule has 18 N–H and O–H groups in total. The number of rotatable bonds is 6. The van der Waals surface area contributed by atoms with E-state index in [1.165, 1.54) is 0 Å². The van der Waals surface area contributed by atoms with Gasteiger partial charge in [-0.1, -0.05) is 0 Å². The number of carboxylic acids is 6. The minimum Gasteiger partial charge on any atom is -0.545 e. The third-order valence-corrected chi connectivity index (χ3v) is 7.83. The van der Waals surface area contributed by atoms with E-state index in [4.69, 9.17) is 91.9 Å². The summed E-state index contributed by atoms with van der Waals surface area (Å²) in [4.78, 5) is 61.2. The molecule has 6 aromatic carbocycles. The Kier molecular flexibility index (Phi) is 26.9. The van der Waals surface area contributed by atoms with Crippen molar-refractivity contribution < 1.29 is 232 Å². The smallest absolute Gasteiger partial charge is 0.545 e. The van der Waals surface area contributed by atoms with Gasteiger partial charge in [0.2, 0.25) is 0 Å². The van der Waals surface area contributed by atoms with E-state index in [0.717, 1.165) is 72.8 Å². The summed E-state index contributed by atoms with van der Waals surface area (Å²) in [6.45, 7) is 0. The van der Waals surface area contributed by atoms with Crippen molar-refractivity contribution in [1.29, 1.82) is 0 Å². The molecule has 0 aliphatic carbocycles. The molecule has 0 unspecified atom stereocenters. The first-order chi connectivity index (χ1) is 33.1. The molecule has 0 amide bonds. The van der Waals surface area contributed by atoms with E-state index in [9.17, 15) is 59.4 Å². The fraction of sp³-hybridized carbons (Fsp3) is 0. The minimum atomic E-state index is -1.54. The van der Waals surface area contributed by atoms with E-state index in [1.807, 2.05) is 0 Å². The molecule has 0 saturated carbocycles. The molecule has 74 heavy (non-hydrogen) atoms. The summed E-state index contributed by atoms with van der Waals surface area (Å²) in [6, 6.07) is 9.39. The molecular weight excluding hydrogens is 1290 g/mol. The van der Waals surface area contributed by atoms with Gasteiger partial charge >= 0.3 is 80.8 Å². The molecule has 0 spiro atoms. The van der Waals surface area contributed by atoms with Gasteiger partial charge in [-0.05, 0) is 72.8 Å². The van der Waals surface area contributed by atoms with Crippen molar-refractivity contribution in [3.63, 3.8) is 0 Å². The molecule has 0 fully saturated rings. The van der Waals surface area contributed by atoms with Crippen molar-refractivity contribution in [2.75, 3.05) is 0 Å². The Morgan fingerprint density at radius 1 is 0.216 bits per heavy atom. The number of carbonyl (C=O) groups is 6. The van der Waals surface area contributed by atoms with Crippen LogP contribution in [0.4, 0.5) is 0 Å². The summed E-state index contributed by atoms with van der Waals surface area (Å²) >= 11 is 0. The van der Waals surface area contributed by atoms with Gasteiger partial charge in [0.15, 0.2) is 103 Å². The monoisotopic (exact) mass is 1310 g/mol. The average molecular weight is 1320 g/mol. The molecule has 0 aliphatic heterocycles. The number of phenolic OH excluding ortho intramolecular Hbond substituents is 18. The molecule has 0 aliphatic rings. The van der Waals surface area contributed by atoms with Gasteiger partial charge in [0.1, 0.15) is 0 Å². The van der Waals surface area contributed by atoms with Crippen molar-refractivity contribution in [2.45, 2.75) is 0 Å². The summed E-state index contributed by atoms with van der Waals surface area (Å²) < 4.78 is 0. The fourth-order valence-electron chi connectivity index (χ4n) is 4.33. The molecule has 30 nitrogen and oxygen atoms in total. The van der Waals surface area contributed by atoms with Crippen LogP contribution in [0, 0.1) is 80.8 Å². The average Bonchev–Trinajstić information content (AvgIpc) is 3.29. The molecule has 2 radical (unpaired) electrons. The van der Waals surface area contributed by atoms with Crippen molar-refractivity contribution in [3.8, 4) is 103 Å². The molecule has 0 atom stereocenters. The predicted octanol–water partition coefficient (Wildman–Crippen LogP) is -5.00. The standard InChI is InChI=1S/6C7H6O5.Gd.Nd/c6*8-4-1-3(7(11)12)2-5(9)6(4)10;;/h6*1-2,8-10H,(H,11,12);;/q;;;;;;2*+3/p-6. The quantitative estimate of drug-likeness (QED) is 0.0694. The van der Waals surface area contributed by atoms with E-state index < -0.39 is 173 Å². The van der Waals surface area contributed by atoms with Crippen LogP contribution in [-0.2, 0) is 0 Å². The number of phenols is 18. The first-order valence-corrected chi connectivity index (χ1v) is 17.9. The van der Waals surface area contributed by atoms with Gasteiger partial charge in [0.25, 0.3) is 0 Å². The van der Waals surface area contributed by atoms with E-state index in [0.29, 0.717) is 0 Å². The van der Waals surface area contributed by atoms with Gasteiger partial charge in [0, 0.05) is 33.4 Å². The Morgan fingerprint density at radius 2 is 0.284 bits per heavy atom. The Balaban J connectivity index is 0. The second-order valence-electron chi connectivity index (χ2n) is 12.9. The van der Waals surface area contributed by atoms with E-state index in [-0.39, 0.29) is 80.8 Å². The minimum absolute atomic E-state index is 0. The summed E-state index contributed by atoms with van der Waals surface area (Å²) in [6.07, 6.45) is 0. The largest absolute Gasteiger partial charge is 3.00 e. The predicted molar refractivity (Wildman–Crippen MR) is 215 cm³/mol. The van der Waals surface area contributed by atoms with Crippen LogP contribution in [0.1, 0.15) is 62.1 Å². The van der Waals surface area contributed by atoms with Crippen molar-refractivity contribution in [3.05, 3.63) is 106 Å². The van der Waals surface area contributed by atoms with Crippen LogP contribution in [0.3, 0.4) is 0 Å². The molecule has 390 valence electrons. The van der Waals surface area contributed by atoms with Crippen LogP contribution in [0.2, 0.25) is 0 Å². The zero-order valence-corrected chi connectivity index (χ0v) is 41.2. The Morgan fingerprint density at radius 3 is 0.338 bits per heavy atom. The van der Waals surface area contributed by atoms with E-state index in [2.05, 4.69) is 0 Å². The van der Waals surface area contributed by atoms with E-state index >= 15 is 0 Å². The third kappa shape index (κ3) is 19.8. The number of hydrogen-bond acceptors (Lipinski definition) is 30. The van der Waals surface area contributed by atoms with Gasteiger partial charge in [-0.25, -0.2) is 0 Å². The molecule has 6 aromatic rings. The fourth-order valence-corrected chi connectivity index (χ4v) is 4.33. The first kappa shape index (κ1) is 67.3. The first-order valence-electron chi connectivity index (χ1n) is 17.9. The SMILES string of the molecule is O=C([O-])c1cc(O)c(O)c(O)c1.O=C([O-])c1cc(O)c(O)c(O)c1.O=C([O-])c1cc(O)c(O)c(O)c1.O=C([O-])c1cc(O)c(O)c(O)c1.O=C([O-])c1cc(O)c(O)c(O)c1.O=C([O-])c1cc(O)c(O)c(O)c1.[Gd+3].[Nd+3]. The van der Waals surface area contributed by atoms with Crippen molar-refractivity contribution in [1.82, 2.24) is 0 Å². The number of aromatic hydroxyl groups is 18. The van der Waals surface area contributed by atoms with Gasteiger partial charge in [0.05, 0.1) is 35.8 Å². The molecule has 0 heterocycles. The number of hydrogen-bond donors (Lipinski definition) is 18. The Labute approximate surface area is 473 Å². The molecule has 0 aromatic heterocycles. The van der Waals surface area contributed by atoms with Crippen LogP contribution in [0.5, 0.6) is 103 Å². The van der Waals surface area contributed by atoms with Crippen LogP contribution in [0.25, 0.3) is 0 Å². The topological polar surface area (TPSA) is 605 Å². The maximum atomic E-state index is 10.2. The second-order valence-corrected chi connectivity index (χ2v) is 12.9. The van der Waals surface area contributed by atoms with Crippen LogP contribution < -0.4 is 30.6 Å². The van der Waals surface area contributed by atoms with E-state index in [1.54, 1.807) is 0 Å². The van der Waals surface area contributed by atoms with Gasteiger partial charge in [-0.15, -0.1) is 0 Å². The normalized spacial score (nSPS) is 9.41. The van der Waals surface area contributed by atoms with Gasteiger partial charge < -0.3 is 151 Å². The molecular formula is C42H30GdNdO30. The molecule has 32 heteroatoms. The van der Waals surface area contributed by atoms with Crippen molar-refractivity contribution in [2.24, 2.45) is 0 Å². The van der Waals surface area contributed by atoms with Crippen LogP contribution >= 0.6 is 0 Å². The zero-order valence-electron chi connectivity index (χ0n) is 35.7. The number of aromatic carboxylic acids is 6. The Bertz CT molecular complexity index is 2380. The van der Waals surface area contributed by atoms with Gasteiger partial charge in [-0.3, -0.25) is 0 Å². The molecule has 6 rings (SSSR count).